The van der Waals surface area contributed by atoms with Crippen molar-refractivity contribution in [3.05, 3.63) is 35.1 Å². The van der Waals surface area contributed by atoms with Gasteiger partial charge < -0.3 is 10.2 Å². The van der Waals surface area contributed by atoms with Crippen LogP contribution < -0.4 is 0 Å². The summed E-state index contributed by atoms with van der Waals surface area (Å²) >= 11 is 5.26. The molecule has 0 saturated heterocycles. The van der Waals surface area contributed by atoms with Crippen LogP contribution in [0.2, 0.25) is 0 Å². The summed E-state index contributed by atoms with van der Waals surface area (Å²) in [6.45, 7) is 0. The molecule has 1 rings (SSSR count). The lowest BCUT2D eigenvalue weighted by molar-refractivity contribution is -0.140. The van der Waals surface area contributed by atoms with E-state index in [1.54, 1.807) is 0 Å². The van der Waals surface area contributed by atoms with E-state index in [1.807, 2.05) is 0 Å². The minimum Gasteiger partial charge on any atom is -0.389 e. The fourth-order valence-corrected chi connectivity index (χ4v) is 1.42. The third kappa shape index (κ3) is 3.31. The minimum absolute atomic E-state index is 0.163. The Kier molecular flexibility index (Phi) is 4.35. The third-order valence-electron chi connectivity index (χ3n) is 2.16. The Morgan fingerprint density at radius 1 is 1.24 bits per heavy atom. The number of rotatable bonds is 3. The molecule has 0 fully saturated rings. The summed E-state index contributed by atoms with van der Waals surface area (Å²) in [6.07, 6.45) is -7.68. The van der Waals surface area contributed by atoms with Gasteiger partial charge in [-0.15, -0.1) is 11.6 Å². The van der Waals surface area contributed by atoms with E-state index in [9.17, 15) is 27.8 Å². The van der Waals surface area contributed by atoms with Gasteiger partial charge in [0.25, 0.3) is 0 Å². The quantitative estimate of drug-likeness (QED) is 0.655. The average Bonchev–Trinajstić information content (AvgIpc) is 2.25. The summed E-state index contributed by atoms with van der Waals surface area (Å²) in [4.78, 5) is 0. The molecule has 2 nitrogen and oxygen atoms in total. The smallest absolute Gasteiger partial charge is 0.389 e. The van der Waals surface area contributed by atoms with Gasteiger partial charge in [-0.05, 0) is 17.7 Å². The van der Waals surface area contributed by atoms with Crippen LogP contribution in [0, 0.1) is 5.82 Å². The fraction of sp³-hybridized carbons (Fsp3) is 0.400. The van der Waals surface area contributed by atoms with Crippen molar-refractivity contribution in [1.29, 1.82) is 0 Å². The van der Waals surface area contributed by atoms with Crippen molar-refractivity contribution in [3.8, 4) is 0 Å². The number of alkyl halides is 4. The van der Waals surface area contributed by atoms with Gasteiger partial charge in [0.2, 0.25) is 0 Å². The first kappa shape index (κ1) is 14.2. The van der Waals surface area contributed by atoms with Crippen LogP contribution in [0.4, 0.5) is 17.6 Å². The zero-order chi connectivity index (χ0) is 13.2. The van der Waals surface area contributed by atoms with Crippen molar-refractivity contribution in [3.63, 3.8) is 0 Å². The SMILES string of the molecule is OC(CCl)C(O)c1ccc(C(F)(F)F)c(F)c1. The van der Waals surface area contributed by atoms with Gasteiger partial charge in [0, 0.05) is 0 Å². The highest BCUT2D eigenvalue weighted by atomic mass is 35.5. The van der Waals surface area contributed by atoms with Crippen molar-refractivity contribution in [2.75, 3.05) is 5.88 Å². The second kappa shape index (κ2) is 5.20. The first-order valence-corrected chi connectivity index (χ1v) is 5.09. The van der Waals surface area contributed by atoms with E-state index in [1.165, 1.54) is 0 Å². The lowest BCUT2D eigenvalue weighted by Gasteiger charge is -2.17. The number of hydrogen-bond donors (Lipinski definition) is 2. The maximum absolute atomic E-state index is 13.1. The lowest BCUT2D eigenvalue weighted by Crippen LogP contribution is -2.20. The minimum atomic E-state index is -4.79. The summed E-state index contributed by atoms with van der Waals surface area (Å²) in [5, 5.41) is 18.6. The lowest BCUT2D eigenvalue weighted by atomic mass is 10.0. The molecule has 1 aromatic carbocycles. The summed E-state index contributed by atoms with van der Waals surface area (Å²) in [5.41, 5.74) is -1.59. The van der Waals surface area contributed by atoms with Crippen LogP contribution >= 0.6 is 11.6 Å². The maximum atomic E-state index is 13.1. The van der Waals surface area contributed by atoms with Crippen molar-refractivity contribution in [2.24, 2.45) is 0 Å². The molecule has 17 heavy (non-hydrogen) atoms. The van der Waals surface area contributed by atoms with E-state index in [-0.39, 0.29) is 11.4 Å². The topological polar surface area (TPSA) is 40.5 Å². The van der Waals surface area contributed by atoms with Crippen LogP contribution in [0.15, 0.2) is 18.2 Å². The molecule has 0 aliphatic carbocycles. The summed E-state index contributed by atoms with van der Waals surface area (Å²) in [7, 11) is 0. The van der Waals surface area contributed by atoms with Gasteiger partial charge in [0.1, 0.15) is 11.9 Å². The van der Waals surface area contributed by atoms with Gasteiger partial charge in [-0.25, -0.2) is 4.39 Å². The van der Waals surface area contributed by atoms with Crippen molar-refractivity contribution in [1.82, 2.24) is 0 Å². The van der Waals surface area contributed by atoms with E-state index >= 15 is 0 Å². The van der Waals surface area contributed by atoms with Crippen molar-refractivity contribution < 1.29 is 27.8 Å². The Morgan fingerprint density at radius 2 is 1.82 bits per heavy atom. The molecule has 0 bridgehead atoms. The van der Waals surface area contributed by atoms with Crippen LogP contribution in [-0.4, -0.2) is 22.2 Å². The molecule has 2 unspecified atom stereocenters. The van der Waals surface area contributed by atoms with Crippen LogP contribution in [0.1, 0.15) is 17.2 Å². The molecule has 0 aliphatic heterocycles. The normalized spacial score (nSPS) is 15.7. The number of halogens is 5. The highest BCUT2D eigenvalue weighted by molar-refractivity contribution is 6.18. The molecule has 0 aromatic heterocycles. The molecule has 0 spiro atoms. The third-order valence-corrected chi connectivity index (χ3v) is 2.48. The first-order chi connectivity index (χ1) is 7.77. The number of hydrogen-bond acceptors (Lipinski definition) is 2. The zero-order valence-corrected chi connectivity index (χ0v) is 9.13. The maximum Gasteiger partial charge on any atom is 0.419 e. The summed E-state index contributed by atoms with van der Waals surface area (Å²) < 4.78 is 49.8. The molecular formula is C10H9ClF4O2. The van der Waals surface area contributed by atoms with Gasteiger partial charge in [-0.1, -0.05) is 6.07 Å². The van der Waals surface area contributed by atoms with Crippen LogP contribution in [0.25, 0.3) is 0 Å². The molecule has 7 heteroatoms. The largest absolute Gasteiger partial charge is 0.419 e. The van der Waals surface area contributed by atoms with E-state index in [4.69, 9.17) is 11.6 Å². The highest BCUT2D eigenvalue weighted by Gasteiger charge is 2.34. The molecule has 2 N–H and O–H groups in total. The van der Waals surface area contributed by atoms with Gasteiger partial charge >= 0.3 is 6.18 Å². The van der Waals surface area contributed by atoms with Crippen molar-refractivity contribution >= 4 is 11.6 Å². The first-order valence-electron chi connectivity index (χ1n) is 4.56. The Balaban J connectivity index is 3.05. The predicted molar refractivity (Wildman–Crippen MR) is 53.1 cm³/mol. The van der Waals surface area contributed by atoms with E-state index in [2.05, 4.69) is 0 Å². The molecule has 0 saturated carbocycles. The fourth-order valence-electron chi connectivity index (χ4n) is 1.25. The van der Waals surface area contributed by atoms with Crippen molar-refractivity contribution in [2.45, 2.75) is 18.4 Å². The molecule has 0 radical (unpaired) electrons. The molecule has 96 valence electrons. The Bertz CT molecular complexity index is 394. The van der Waals surface area contributed by atoms with Crippen LogP contribution in [-0.2, 0) is 6.18 Å². The molecule has 0 heterocycles. The Morgan fingerprint density at radius 3 is 2.24 bits per heavy atom. The van der Waals surface area contributed by atoms with E-state index in [0.717, 1.165) is 6.07 Å². The standard InChI is InChI=1S/C10H9ClF4O2/c11-4-8(16)9(17)5-1-2-6(7(12)3-5)10(13,14)15/h1-3,8-9,16-17H,4H2. The van der Waals surface area contributed by atoms with E-state index in [0.29, 0.717) is 12.1 Å². The number of aliphatic hydroxyl groups is 2. The molecular weight excluding hydrogens is 264 g/mol. The Hall–Kier alpha value is -0.850. The van der Waals surface area contributed by atoms with Gasteiger partial charge in [-0.3, -0.25) is 0 Å². The van der Waals surface area contributed by atoms with Gasteiger partial charge in [-0.2, -0.15) is 13.2 Å². The predicted octanol–water partition coefficient (Wildman–Crippen LogP) is 2.48. The zero-order valence-electron chi connectivity index (χ0n) is 8.38. The monoisotopic (exact) mass is 272 g/mol. The second-order valence-corrected chi connectivity index (χ2v) is 3.71. The molecule has 0 aliphatic rings. The molecule has 2 atom stereocenters. The van der Waals surface area contributed by atoms with E-state index < -0.39 is 29.8 Å². The second-order valence-electron chi connectivity index (χ2n) is 3.40. The number of benzene rings is 1. The van der Waals surface area contributed by atoms with Gasteiger partial charge in [0.05, 0.1) is 17.5 Å². The molecule has 0 amide bonds. The molecule has 1 aromatic rings. The summed E-state index contributed by atoms with van der Waals surface area (Å²) in [6, 6.07) is 1.93. The highest BCUT2D eigenvalue weighted by Crippen LogP contribution is 2.32. The Labute approximate surface area is 99.4 Å². The number of aliphatic hydroxyl groups excluding tert-OH is 2. The summed E-state index contributed by atoms with van der Waals surface area (Å²) in [5.74, 6) is -1.82. The van der Waals surface area contributed by atoms with Crippen LogP contribution in [0.3, 0.4) is 0 Å². The van der Waals surface area contributed by atoms with Gasteiger partial charge in [0.15, 0.2) is 0 Å². The average molecular weight is 273 g/mol. The van der Waals surface area contributed by atoms with Crippen LogP contribution in [0.5, 0.6) is 0 Å².